The van der Waals surface area contributed by atoms with Crippen LogP contribution in [0.2, 0.25) is 0 Å². The maximum Gasteiger partial charge on any atom is 0.416 e. The SMILES string of the molecule is CC1(C)c2ccccc2-c2ccc3c(c21)c1ccccc1n3-c1c(-c2cccc(C(F)(F)F)c2)cc(-c2cc(-c3ccccc3)nc(-c3ccccc3)n2)cc1-c1cccc(C(F)(F)F)c1. The maximum absolute atomic E-state index is 14.7. The topological polar surface area (TPSA) is 30.7 Å². The van der Waals surface area contributed by atoms with Crippen LogP contribution >= 0.6 is 0 Å². The van der Waals surface area contributed by atoms with Gasteiger partial charge >= 0.3 is 12.4 Å². The van der Waals surface area contributed by atoms with Crippen molar-refractivity contribution >= 4 is 21.8 Å². The monoisotopic (exact) mass is 877 g/mol. The molecule has 0 unspecified atom stereocenters. The summed E-state index contributed by atoms with van der Waals surface area (Å²) in [6.07, 6.45) is -9.37. The first-order valence-corrected chi connectivity index (χ1v) is 21.5. The molecule has 0 radical (unpaired) electrons. The van der Waals surface area contributed by atoms with Crippen LogP contribution in [0.15, 0.2) is 188 Å². The molecule has 0 saturated carbocycles. The van der Waals surface area contributed by atoms with E-state index in [4.69, 9.17) is 9.97 Å². The number of hydrogen-bond donors (Lipinski definition) is 0. The summed E-state index contributed by atoms with van der Waals surface area (Å²) in [5.41, 5.74) is 8.34. The third-order valence-corrected chi connectivity index (χ3v) is 12.8. The Labute approximate surface area is 376 Å². The number of hydrogen-bond acceptors (Lipinski definition) is 2. The number of aromatic nitrogens is 3. The van der Waals surface area contributed by atoms with Gasteiger partial charge < -0.3 is 4.57 Å². The van der Waals surface area contributed by atoms with E-state index in [1.165, 1.54) is 12.1 Å². The van der Waals surface area contributed by atoms with Gasteiger partial charge in [-0.25, -0.2) is 9.97 Å². The van der Waals surface area contributed by atoms with Crippen molar-refractivity contribution < 1.29 is 26.3 Å². The molecular formula is C57H37F6N3. The fourth-order valence-corrected chi connectivity index (χ4v) is 9.83. The van der Waals surface area contributed by atoms with E-state index >= 15 is 0 Å². The molecular weight excluding hydrogens is 841 g/mol. The largest absolute Gasteiger partial charge is 0.416 e. The Morgan fingerprint density at radius 3 is 1.58 bits per heavy atom. The van der Waals surface area contributed by atoms with Crippen LogP contribution in [0.25, 0.3) is 94.8 Å². The molecule has 0 amide bonds. The molecule has 8 aromatic carbocycles. The van der Waals surface area contributed by atoms with E-state index in [-0.39, 0.29) is 11.1 Å². The van der Waals surface area contributed by atoms with E-state index < -0.39 is 28.9 Å². The van der Waals surface area contributed by atoms with Crippen LogP contribution in [0, 0.1) is 0 Å². The van der Waals surface area contributed by atoms with Gasteiger partial charge in [-0.15, -0.1) is 0 Å². The second-order valence-corrected chi connectivity index (χ2v) is 17.2. The van der Waals surface area contributed by atoms with Gasteiger partial charge in [0.2, 0.25) is 0 Å². The number of nitrogens with zero attached hydrogens (tertiary/aromatic N) is 3. The molecule has 0 fully saturated rings. The number of para-hydroxylation sites is 1. The van der Waals surface area contributed by atoms with Gasteiger partial charge in [-0.2, -0.15) is 26.3 Å². The second-order valence-electron chi connectivity index (χ2n) is 17.2. The third-order valence-electron chi connectivity index (χ3n) is 12.8. The van der Waals surface area contributed by atoms with Crippen molar-refractivity contribution in [3.8, 4) is 73.0 Å². The van der Waals surface area contributed by atoms with Crippen LogP contribution in [0.3, 0.4) is 0 Å². The van der Waals surface area contributed by atoms with Gasteiger partial charge in [0.25, 0.3) is 0 Å². The number of benzene rings is 8. The Morgan fingerprint density at radius 2 is 0.955 bits per heavy atom. The highest BCUT2D eigenvalue weighted by Crippen LogP contribution is 2.54. The zero-order valence-corrected chi connectivity index (χ0v) is 35.5. The van der Waals surface area contributed by atoms with E-state index in [1.807, 2.05) is 126 Å². The minimum Gasteiger partial charge on any atom is -0.308 e. The molecule has 1 aliphatic carbocycles. The average Bonchev–Trinajstić information content (AvgIpc) is 3.79. The smallest absolute Gasteiger partial charge is 0.308 e. The van der Waals surface area contributed by atoms with Crippen molar-refractivity contribution in [3.05, 3.63) is 210 Å². The van der Waals surface area contributed by atoms with Gasteiger partial charge in [0.05, 0.1) is 39.2 Å². The summed E-state index contributed by atoms with van der Waals surface area (Å²) in [6, 6.07) is 54.8. The normalized spacial score (nSPS) is 13.3. The molecule has 0 saturated heterocycles. The van der Waals surface area contributed by atoms with Crippen LogP contribution in [-0.2, 0) is 17.8 Å². The molecule has 0 aliphatic heterocycles. The second kappa shape index (κ2) is 15.2. The van der Waals surface area contributed by atoms with Crippen LogP contribution in [0.5, 0.6) is 0 Å². The van der Waals surface area contributed by atoms with Crippen molar-refractivity contribution in [3.63, 3.8) is 0 Å². The molecule has 0 N–H and O–H groups in total. The van der Waals surface area contributed by atoms with Crippen LogP contribution < -0.4 is 0 Å². The molecule has 11 rings (SSSR count). The lowest BCUT2D eigenvalue weighted by Gasteiger charge is -2.24. The van der Waals surface area contributed by atoms with E-state index in [9.17, 15) is 26.3 Å². The van der Waals surface area contributed by atoms with Crippen LogP contribution in [0.1, 0.15) is 36.1 Å². The lowest BCUT2D eigenvalue weighted by Crippen LogP contribution is -2.15. The molecule has 10 aromatic rings. The van der Waals surface area contributed by atoms with Gasteiger partial charge in [0.15, 0.2) is 5.82 Å². The number of halogens is 6. The predicted octanol–water partition coefficient (Wildman–Crippen LogP) is 16.3. The molecule has 9 heteroatoms. The number of alkyl halides is 6. The molecule has 322 valence electrons. The first kappa shape index (κ1) is 41.0. The molecule has 66 heavy (non-hydrogen) atoms. The number of rotatable bonds is 6. The molecule has 3 nitrogen and oxygen atoms in total. The minimum atomic E-state index is -4.69. The van der Waals surface area contributed by atoms with Crippen molar-refractivity contribution in [1.82, 2.24) is 14.5 Å². The van der Waals surface area contributed by atoms with Crippen LogP contribution in [0.4, 0.5) is 26.3 Å². The Morgan fingerprint density at radius 1 is 0.424 bits per heavy atom. The molecule has 0 bridgehead atoms. The minimum absolute atomic E-state index is 0.218. The van der Waals surface area contributed by atoms with Crippen LogP contribution in [-0.4, -0.2) is 14.5 Å². The molecule has 0 spiro atoms. The van der Waals surface area contributed by atoms with E-state index in [1.54, 1.807) is 12.1 Å². The predicted molar refractivity (Wildman–Crippen MR) is 251 cm³/mol. The molecule has 0 atom stereocenters. The lowest BCUT2D eigenvalue weighted by atomic mass is 9.80. The zero-order chi connectivity index (χ0) is 45.5. The van der Waals surface area contributed by atoms with Gasteiger partial charge in [-0.1, -0.05) is 147 Å². The number of fused-ring (bicyclic) bond motifs is 7. The highest BCUT2D eigenvalue weighted by atomic mass is 19.4. The zero-order valence-electron chi connectivity index (χ0n) is 35.5. The summed E-state index contributed by atoms with van der Waals surface area (Å²) in [4.78, 5) is 10.0. The van der Waals surface area contributed by atoms with Gasteiger partial charge in [0, 0.05) is 44.0 Å². The fourth-order valence-electron chi connectivity index (χ4n) is 9.83. The first-order valence-electron chi connectivity index (χ1n) is 21.5. The summed E-state index contributed by atoms with van der Waals surface area (Å²) in [5, 5.41) is 1.85. The van der Waals surface area contributed by atoms with Gasteiger partial charge in [0.1, 0.15) is 0 Å². The Balaban J connectivity index is 1.30. The Kier molecular flexibility index (Phi) is 9.41. The van der Waals surface area contributed by atoms with Gasteiger partial charge in [-0.05, 0) is 88.0 Å². The van der Waals surface area contributed by atoms with Crippen molar-refractivity contribution in [2.75, 3.05) is 0 Å². The summed E-state index contributed by atoms with van der Waals surface area (Å²) in [7, 11) is 0. The first-order chi connectivity index (χ1) is 31.8. The Hall–Kier alpha value is -7.78. The molecule has 2 aromatic heterocycles. The third kappa shape index (κ3) is 6.76. The quantitative estimate of drug-likeness (QED) is 0.156. The maximum atomic E-state index is 14.7. The molecule has 1 aliphatic rings. The fraction of sp³-hybridized carbons (Fsp3) is 0.0877. The average molecular weight is 878 g/mol. The van der Waals surface area contributed by atoms with Crippen molar-refractivity contribution in [2.45, 2.75) is 31.6 Å². The lowest BCUT2D eigenvalue weighted by molar-refractivity contribution is -0.138. The highest BCUT2D eigenvalue weighted by Gasteiger charge is 2.39. The summed E-state index contributed by atoms with van der Waals surface area (Å²) >= 11 is 0. The Bertz CT molecular complexity index is 3400. The summed E-state index contributed by atoms with van der Waals surface area (Å²) in [5.74, 6) is 0.400. The summed E-state index contributed by atoms with van der Waals surface area (Å²) in [6.45, 7) is 4.38. The highest BCUT2D eigenvalue weighted by molar-refractivity contribution is 6.15. The van der Waals surface area contributed by atoms with E-state index in [2.05, 4.69) is 32.0 Å². The van der Waals surface area contributed by atoms with Gasteiger partial charge in [-0.3, -0.25) is 0 Å². The summed E-state index contributed by atoms with van der Waals surface area (Å²) < 4.78 is 90.3. The van der Waals surface area contributed by atoms with Crippen molar-refractivity contribution in [1.29, 1.82) is 0 Å². The molecule has 2 heterocycles. The van der Waals surface area contributed by atoms with E-state index in [0.29, 0.717) is 39.6 Å². The standard InChI is InChI=1S/C57H37F6N3/c1-55(2)46-25-11-9-23-41(46)42-27-28-50-51(52(42)55)43-24-10-12-26-49(43)66(50)53-44(36-19-13-21-39(29-36)56(58,59)60)31-38(32-45(53)37-20-14-22-40(30-37)57(61,62)63)48-33-47(34-15-5-3-6-16-34)64-54(65-48)35-17-7-4-8-18-35/h3-33H,1-2H3. The van der Waals surface area contributed by atoms with Crippen molar-refractivity contribution in [2.24, 2.45) is 0 Å². The van der Waals surface area contributed by atoms with E-state index in [0.717, 1.165) is 79.5 Å².